The molecule has 164 valence electrons. The van der Waals surface area contributed by atoms with Gasteiger partial charge in [0.15, 0.2) is 5.78 Å². The highest BCUT2D eigenvalue weighted by Gasteiger charge is 2.14. The third-order valence-corrected chi connectivity index (χ3v) is 5.33. The Hall–Kier alpha value is -3.03. The molecule has 2 N–H and O–H groups in total. The van der Waals surface area contributed by atoms with E-state index >= 15 is 0 Å². The van der Waals surface area contributed by atoms with Crippen molar-refractivity contribution in [2.24, 2.45) is 0 Å². The summed E-state index contributed by atoms with van der Waals surface area (Å²) in [5.41, 5.74) is 4.12. The van der Waals surface area contributed by atoms with Crippen molar-refractivity contribution >= 4 is 29.0 Å². The van der Waals surface area contributed by atoms with E-state index in [0.29, 0.717) is 36.7 Å². The first-order chi connectivity index (χ1) is 14.9. The number of anilines is 2. The zero-order chi connectivity index (χ0) is 22.2. The number of nitrogens with one attached hydrogen (secondary N) is 2. The number of ether oxygens (including phenoxy) is 1. The van der Waals surface area contributed by atoms with Gasteiger partial charge in [-0.1, -0.05) is 12.1 Å². The largest absolute Gasteiger partial charge is 0.379 e. The number of ketones is 1. The highest BCUT2D eigenvalue weighted by atomic mass is 16.5. The van der Waals surface area contributed by atoms with Gasteiger partial charge in [0.2, 0.25) is 11.8 Å². The molecule has 0 aliphatic carbocycles. The predicted molar refractivity (Wildman–Crippen MR) is 120 cm³/mol. The first-order valence-electron chi connectivity index (χ1n) is 10.5. The first kappa shape index (κ1) is 22.7. The molecule has 0 bridgehead atoms. The Morgan fingerprint density at radius 2 is 1.45 bits per heavy atom. The Balaban J connectivity index is 1.43. The van der Waals surface area contributed by atoms with Crippen LogP contribution in [0.4, 0.5) is 11.4 Å². The summed E-state index contributed by atoms with van der Waals surface area (Å²) in [6.07, 6.45) is 0.272. The summed E-state index contributed by atoms with van der Waals surface area (Å²) in [6.45, 7) is 7.10. The van der Waals surface area contributed by atoms with Crippen LogP contribution < -0.4 is 10.6 Å². The predicted octanol–water partition coefficient (Wildman–Crippen LogP) is 3.18. The molecule has 31 heavy (non-hydrogen) atoms. The number of carbonyl (C=O) groups is 3. The van der Waals surface area contributed by atoms with Crippen molar-refractivity contribution in [3.05, 3.63) is 59.2 Å². The average Bonchev–Trinajstić information content (AvgIpc) is 2.76. The molecule has 3 rings (SSSR count). The molecule has 1 heterocycles. The van der Waals surface area contributed by atoms with Crippen molar-refractivity contribution in [3.8, 4) is 0 Å². The lowest BCUT2D eigenvalue weighted by Gasteiger charge is -2.25. The summed E-state index contributed by atoms with van der Waals surface area (Å²) in [5.74, 6) is -0.346. The SMILES string of the molecule is Cc1ccc(C(=O)CCC(=O)Nc2ccc(NC(=O)CN3CCOCC3)cc2)cc1C. The summed E-state index contributed by atoms with van der Waals surface area (Å²) >= 11 is 0. The van der Waals surface area contributed by atoms with Crippen LogP contribution in [0.25, 0.3) is 0 Å². The molecule has 7 heteroatoms. The fraction of sp³-hybridized carbons (Fsp3) is 0.375. The number of nitrogens with zero attached hydrogens (tertiary/aromatic N) is 1. The maximum atomic E-state index is 12.3. The highest BCUT2D eigenvalue weighted by Crippen LogP contribution is 2.16. The fourth-order valence-electron chi connectivity index (χ4n) is 3.31. The molecule has 0 saturated carbocycles. The third-order valence-electron chi connectivity index (χ3n) is 5.33. The van der Waals surface area contributed by atoms with Gasteiger partial charge >= 0.3 is 0 Å². The quantitative estimate of drug-likeness (QED) is 0.637. The summed E-state index contributed by atoms with van der Waals surface area (Å²) < 4.78 is 5.28. The third kappa shape index (κ3) is 7.01. The van der Waals surface area contributed by atoms with E-state index in [9.17, 15) is 14.4 Å². The van der Waals surface area contributed by atoms with Crippen LogP contribution in [0.3, 0.4) is 0 Å². The second-order valence-electron chi connectivity index (χ2n) is 7.78. The minimum Gasteiger partial charge on any atom is -0.379 e. The first-order valence-corrected chi connectivity index (χ1v) is 10.5. The molecule has 0 unspecified atom stereocenters. The lowest BCUT2D eigenvalue weighted by molar-refractivity contribution is -0.118. The van der Waals surface area contributed by atoms with E-state index < -0.39 is 0 Å². The van der Waals surface area contributed by atoms with E-state index in [-0.39, 0.29) is 30.4 Å². The highest BCUT2D eigenvalue weighted by molar-refractivity contribution is 6.00. The van der Waals surface area contributed by atoms with Crippen LogP contribution in [-0.4, -0.2) is 55.3 Å². The average molecular weight is 424 g/mol. The Bertz CT molecular complexity index is 934. The summed E-state index contributed by atoms with van der Waals surface area (Å²) in [4.78, 5) is 38.7. The molecule has 1 fully saturated rings. The molecule has 1 aliphatic heterocycles. The van der Waals surface area contributed by atoms with Crippen LogP contribution in [-0.2, 0) is 14.3 Å². The molecule has 0 aromatic heterocycles. The van der Waals surface area contributed by atoms with Crippen molar-refractivity contribution in [2.75, 3.05) is 43.5 Å². The van der Waals surface area contributed by atoms with Gasteiger partial charge in [-0.25, -0.2) is 0 Å². The van der Waals surface area contributed by atoms with Gasteiger partial charge in [-0.05, 0) is 55.3 Å². The smallest absolute Gasteiger partial charge is 0.238 e. The van der Waals surface area contributed by atoms with Crippen molar-refractivity contribution < 1.29 is 19.1 Å². The Morgan fingerprint density at radius 1 is 0.839 bits per heavy atom. The standard InChI is InChI=1S/C24H29N3O4/c1-17-3-4-19(15-18(17)2)22(28)9-10-23(29)25-20-5-7-21(8-6-20)26-24(30)16-27-11-13-31-14-12-27/h3-8,15H,9-14,16H2,1-2H3,(H,25,29)(H,26,30). The lowest BCUT2D eigenvalue weighted by Crippen LogP contribution is -2.41. The maximum absolute atomic E-state index is 12.3. The van der Waals surface area contributed by atoms with Gasteiger partial charge in [-0.3, -0.25) is 19.3 Å². The number of aryl methyl sites for hydroxylation is 2. The van der Waals surface area contributed by atoms with Crippen molar-refractivity contribution in [1.29, 1.82) is 0 Å². The summed E-state index contributed by atoms with van der Waals surface area (Å²) in [5, 5.41) is 5.65. The van der Waals surface area contributed by atoms with E-state index in [1.54, 1.807) is 30.3 Å². The van der Waals surface area contributed by atoms with Crippen LogP contribution in [0.1, 0.15) is 34.3 Å². The Labute approximate surface area is 182 Å². The molecule has 0 spiro atoms. The Kier molecular flexibility index (Phi) is 7.92. The normalized spacial score (nSPS) is 14.1. The number of hydrogen-bond donors (Lipinski definition) is 2. The molecule has 1 saturated heterocycles. The number of amides is 2. The van der Waals surface area contributed by atoms with Crippen molar-refractivity contribution in [3.63, 3.8) is 0 Å². The van der Waals surface area contributed by atoms with E-state index in [0.717, 1.165) is 24.2 Å². The van der Waals surface area contributed by atoms with Gasteiger partial charge in [-0.15, -0.1) is 0 Å². The van der Waals surface area contributed by atoms with E-state index in [1.165, 1.54) is 0 Å². The van der Waals surface area contributed by atoms with Crippen LogP contribution in [0.15, 0.2) is 42.5 Å². The zero-order valence-corrected chi connectivity index (χ0v) is 18.1. The molecule has 7 nitrogen and oxygen atoms in total. The van der Waals surface area contributed by atoms with Gasteiger partial charge in [0.1, 0.15) is 0 Å². The molecule has 1 aliphatic rings. The number of Topliss-reactive ketones (excluding diaryl/α,β-unsaturated/α-hetero) is 1. The maximum Gasteiger partial charge on any atom is 0.238 e. The van der Waals surface area contributed by atoms with E-state index in [1.807, 2.05) is 30.9 Å². The summed E-state index contributed by atoms with van der Waals surface area (Å²) in [6, 6.07) is 12.5. The van der Waals surface area contributed by atoms with E-state index in [2.05, 4.69) is 10.6 Å². The van der Waals surface area contributed by atoms with Crippen LogP contribution in [0.2, 0.25) is 0 Å². The van der Waals surface area contributed by atoms with Crippen molar-refractivity contribution in [2.45, 2.75) is 26.7 Å². The van der Waals surface area contributed by atoms with Crippen LogP contribution >= 0.6 is 0 Å². The monoisotopic (exact) mass is 423 g/mol. The molecule has 0 atom stereocenters. The van der Waals surface area contributed by atoms with Gasteiger partial charge in [-0.2, -0.15) is 0 Å². The summed E-state index contributed by atoms with van der Waals surface area (Å²) in [7, 11) is 0. The minimum absolute atomic E-state index is 0.0448. The van der Waals surface area contributed by atoms with Crippen LogP contribution in [0, 0.1) is 13.8 Å². The Morgan fingerprint density at radius 3 is 2.06 bits per heavy atom. The van der Waals surface area contributed by atoms with Gasteiger partial charge in [0.25, 0.3) is 0 Å². The molecule has 2 aromatic carbocycles. The lowest BCUT2D eigenvalue weighted by atomic mass is 10.0. The molecule has 2 amide bonds. The molecular weight excluding hydrogens is 394 g/mol. The van der Waals surface area contributed by atoms with Gasteiger partial charge in [0, 0.05) is 42.9 Å². The number of morpholine rings is 1. The number of benzene rings is 2. The molecule has 0 radical (unpaired) electrons. The van der Waals surface area contributed by atoms with Crippen LogP contribution in [0.5, 0.6) is 0 Å². The topological polar surface area (TPSA) is 87.7 Å². The fourth-order valence-corrected chi connectivity index (χ4v) is 3.31. The molecule has 2 aromatic rings. The minimum atomic E-state index is -0.221. The number of rotatable bonds is 8. The number of carbonyl (C=O) groups excluding carboxylic acids is 3. The molecular formula is C24H29N3O4. The van der Waals surface area contributed by atoms with Crippen molar-refractivity contribution in [1.82, 2.24) is 4.90 Å². The van der Waals surface area contributed by atoms with Gasteiger partial charge in [0.05, 0.1) is 19.8 Å². The van der Waals surface area contributed by atoms with E-state index in [4.69, 9.17) is 4.74 Å². The second kappa shape index (κ2) is 10.8. The number of hydrogen-bond acceptors (Lipinski definition) is 5. The second-order valence-corrected chi connectivity index (χ2v) is 7.78. The zero-order valence-electron chi connectivity index (χ0n) is 18.1. The van der Waals surface area contributed by atoms with Gasteiger partial charge < -0.3 is 15.4 Å².